The molecule has 3 aromatic rings. The Morgan fingerprint density at radius 1 is 1.05 bits per heavy atom. The van der Waals surface area contributed by atoms with E-state index in [1.165, 1.54) is 19.2 Å². The fourth-order valence-electron chi connectivity index (χ4n) is 2.16. The molecule has 5 nitrogen and oxygen atoms in total. The van der Waals surface area contributed by atoms with Gasteiger partial charge in [0, 0.05) is 17.6 Å². The van der Waals surface area contributed by atoms with Crippen LogP contribution in [0.1, 0.15) is 0 Å². The lowest BCUT2D eigenvalue weighted by Gasteiger charge is -2.10. The van der Waals surface area contributed by atoms with Crippen molar-refractivity contribution >= 4 is 26.6 Å². The van der Waals surface area contributed by atoms with Crippen molar-refractivity contribution in [3.63, 3.8) is 0 Å². The van der Waals surface area contributed by atoms with E-state index in [0.717, 1.165) is 5.39 Å². The molecule has 0 saturated carbocycles. The number of nitrogens with one attached hydrogen (secondary N) is 1. The van der Waals surface area contributed by atoms with Gasteiger partial charge < -0.3 is 4.74 Å². The van der Waals surface area contributed by atoms with Gasteiger partial charge in [0.2, 0.25) is 0 Å². The third-order valence-electron chi connectivity index (χ3n) is 3.23. The molecular formula is C16H14N2O3S. The molecule has 0 fully saturated rings. The maximum absolute atomic E-state index is 12.5. The van der Waals surface area contributed by atoms with Crippen LogP contribution >= 0.6 is 0 Å². The van der Waals surface area contributed by atoms with Gasteiger partial charge in [-0.2, -0.15) is 0 Å². The Kier molecular flexibility index (Phi) is 3.68. The predicted octanol–water partition coefficient (Wildman–Crippen LogP) is 3.04. The van der Waals surface area contributed by atoms with Crippen molar-refractivity contribution in [2.75, 3.05) is 11.8 Å². The second-order valence-electron chi connectivity index (χ2n) is 4.67. The number of ether oxygens (including phenoxy) is 1. The zero-order chi connectivity index (χ0) is 15.6. The van der Waals surface area contributed by atoms with Gasteiger partial charge in [0.25, 0.3) is 10.0 Å². The van der Waals surface area contributed by atoms with Crippen LogP contribution in [-0.4, -0.2) is 20.5 Å². The first-order chi connectivity index (χ1) is 10.6. The smallest absolute Gasteiger partial charge is 0.262 e. The lowest BCUT2D eigenvalue weighted by molar-refractivity contribution is 0.413. The second-order valence-corrected chi connectivity index (χ2v) is 6.35. The molecule has 3 rings (SSSR count). The van der Waals surface area contributed by atoms with Gasteiger partial charge in [0.15, 0.2) is 0 Å². The summed E-state index contributed by atoms with van der Waals surface area (Å²) < 4.78 is 32.7. The number of benzene rings is 2. The summed E-state index contributed by atoms with van der Waals surface area (Å²) in [5, 5.41) is 0.869. The Balaban J connectivity index is 2.03. The third-order valence-corrected chi connectivity index (χ3v) is 4.59. The third kappa shape index (κ3) is 2.73. The molecule has 0 spiro atoms. The van der Waals surface area contributed by atoms with E-state index in [1.54, 1.807) is 30.5 Å². The van der Waals surface area contributed by atoms with Gasteiger partial charge in [-0.15, -0.1) is 0 Å². The van der Waals surface area contributed by atoms with Crippen molar-refractivity contribution in [2.45, 2.75) is 4.90 Å². The number of rotatable bonds is 4. The molecule has 1 heterocycles. The summed E-state index contributed by atoms with van der Waals surface area (Å²) in [6.07, 6.45) is 1.63. The highest BCUT2D eigenvalue weighted by Gasteiger charge is 2.16. The Morgan fingerprint density at radius 3 is 2.64 bits per heavy atom. The van der Waals surface area contributed by atoms with E-state index in [-0.39, 0.29) is 4.90 Å². The molecule has 0 amide bonds. The molecule has 0 saturated heterocycles. The van der Waals surface area contributed by atoms with Crippen LogP contribution in [0.5, 0.6) is 5.75 Å². The number of fused-ring (bicyclic) bond motifs is 1. The maximum atomic E-state index is 12.5. The molecule has 112 valence electrons. The topological polar surface area (TPSA) is 68.3 Å². The standard InChI is InChI=1S/C16H14N2O3S/c1-21-13-7-3-8-14(11-13)22(19,20)18-15-9-2-5-12-6-4-10-17-16(12)15/h2-11,18H,1H3. The number of methoxy groups -OCH3 is 1. The van der Waals surface area contributed by atoms with Crippen molar-refractivity contribution < 1.29 is 13.2 Å². The van der Waals surface area contributed by atoms with Crippen LogP contribution in [-0.2, 0) is 10.0 Å². The van der Waals surface area contributed by atoms with E-state index in [0.29, 0.717) is 17.0 Å². The monoisotopic (exact) mass is 314 g/mol. The van der Waals surface area contributed by atoms with Crippen LogP contribution in [0.2, 0.25) is 0 Å². The molecule has 1 N–H and O–H groups in total. The van der Waals surface area contributed by atoms with Crippen LogP contribution < -0.4 is 9.46 Å². The van der Waals surface area contributed by atoms with E-state index < -0.39 is 10.0 Å². The summed E-state index contributed by atoms with van der Waals surface area (Å²) in [6.45, 7) is 0. The van der Waals surface area contributed by atoms with Gasteiger partial charge in [-0.25, -0.2) is 8.42 Å². The van der Waals surface area contributed by atoms with Crippen LogP contribution in [0.25, 0.3) is 10.9 Å². The zero-order valence-electron chi connectivity index (χ0n) is 11.9. The van der Waals surface area contributed by atoms with E-state index in [9.17, 15) is 8.42 Å². The quantitative estimate of drug-likeness (QED) is 0.803. The van der Waals surface area contributed by atoms with E-state index in [2.05, 4.69) is 9.71 Å². The van der Waals surface area contributed by atoms with Gasteiger partial charge >= 0.3 is 0 Å². The molecule has 0 bridgehead atoms. The maximum Gasteiger partial charge on any atom is 0.262 e. The Bertz CT molecular complexity index is 918. The number of sulfonamides is 1. The van der Waals surface area contributed by atoms with Gasteiger partial charge in [-0.05, 0) is 24.3 Å². The summed E-state index contributed by atoms with van der Waals surface area (Å²) in [5.41, 5.74) is 1.05. The van der Waals surface area contributed by atoms with E-state index >= 15 is 0 Å². The number of hydrogen-bond donors (Lipinski definition) is 1. The second kappa shape index (κ2) is 5.65. The highest BCUT2D eigenvalue weighted by molar-refractivity contribution is 7.92. The summed E-state index contributed by atoms with van der Waals surface area (Å²) in [6, 6.07) is 15.4. The molecule has 22 heavy (non-hydrogen) atoms. The van der Waals surface area contributed by atoms with Crippen LogP contribution in [0.15, 0.2) is 65.7 Å². The number of aromatic nitrogens is 1. The first-order valence-electron chi connectivity index (χ1n) is 6.61. The molecule has 0 aliphatic rings. The number of hydrogen-bond acceptors (Lipinski definition) is 4. The van der Waals surface area contributed by atoms with E-state index in [1.807, 2.05) is 18.2 Å². The van der Waals surface area contributed by atoms with Crippen molar-refractivity contribution in [1.29, 1.82) is 0 Å². The highest BCUT2D eigenvalue weighted by atomic mass is 32.2. The average Bonchev–Trinajstić information content (AvgIpc) is 2.55. The summed E-state index contributed by atoms with van der Waals surface area (Å²) in [4.78, 5) is 4.38. The molecule has 0 aliphatic heterocycles. The minimum atomic E-state index is -3.71. The minimum absolute atomic E-state index is 0.139. The lowest BCUT2D eigenvalue weighted by atomic mass is 10.2. The first-order valence-corrected chi connectivity index (χ1v) is 8.09. The molecule has 2 aromatic carbocycles. The van der Waals surface area contributed by atoms with Gasteiger partial charge in [0.1, 0.15) is 5.75 Å². The molecule has 0 radical (unpaired) electrons. The van der Waals surface area contributed by atoms with Gasteiger partial charge in [0.05, 0.1) is 23.2 Å². The lowest BCUT2D eigenvalue weighted by Crippen LogP contribution is -2.13. The number of pyridine rings is 1. The van der Waals surface area contributed by atoms with Crippen LogP contribution in [0.4, 0.5) is 5.69 Å². The predicted molar refractivity (Wildman–Crippen MR) is 85.5 cm³/mol. The highest BCUT2D eigenvalue weighted by Crippen LogP contribution is 2.25. The molecule has 0 unspecified atom stereocenters. The average molecular weight is 314 g/mol. The molecule has 0 atom stereocenters. The molecular weight excluding hydrogens is 300 g/mol. The summed E-state index contributed by atoms with van der Waals surface area (Å²) in [5.74, 6) is 0.485. The molecule has 6 heteroatoms. The number of para-hydroxylation sites is 1. The van der Waals surface area contributed by atoms with Crippen LogP contribution in [0, 0.1) is 0 Å². The summed E-state index contributed by atoms with van der Waals surface area (Å²) >= 11 is 0. The van der Waals surface area contributed by atoms with Gasteiger partial charge in [-0.1, -0.05) is 24.3 Å². The van der Waals surface area contributed by atoms with Crippen molar-refractivity contribution in [2.24, 2.45) is 0 Å². The Hall–Kier alpha value is -2.60. The molecule has 0 aliphatic carbocycles. The van der Waals surface area contributed by atoms with Crippen molar-refractivity contribution in [1.82, 2.24) is 4.98 Å². The number of anilines is 1. The fourth-order valence-corrected chi connectivity index (χ4v) is 3.26. The van der Waals surface area contributed by atoms with Gasteiger partial charge in [-0.3, -0.25) is 9.71 Å². The van der Waals surface area contributed by atoms with E-state index in [4.69, 9.17) is 4.74 Å². The largest absolute Gasteiger partial charge is 0.497 e. The molecule has 1 aromatic heterocycles. The van der Waals surface area contributed by atoms with Crippen molar-refractivity contribution in [3.8, 4) is 5.75 Å². The zero-order valence-corrected chi connectivity index (χ0v) is 12.7. The minimum Gasteiger partial charge on any atom is -0.497 e. The fraction of sp³-hybridized carbons (Fsp3) is 0.0625. The SMILES string of the molecule is COc1cccc(S(=O)(=O)Nc2cccc3cccnc23)c1. The Labute approximate surface area is 128 Å². The Morgan fingerprint density at radius 2 is 1.82 bits per heavy atom. The van der Waals surface area contributed by atoms with Crippen LogP contribution in [0.3, 0.4) is 0 Å². The number of nitrogens with zero attached hydrogens (tertiary/aromatic N) is 1. The normalized spacial score (nSPS) is 11.3. The first kappa shape index (κ1) is 14.3. The summed E-state index contributed by atoms with van der Waals surface area (Å²) in [7, 11) is -2.21. The van der Waals surface area contributed by atoms with Crippen molar-refractivity contribution in [3.05, 3.63) is 60.8 Å².